The Kier molecular flexibility index (Phi) is 4.09. The monoisotopic (exact) mass is 210 g/mol. The average molecular weight is 210 g/mol. The van der Waals surface area contributed by atoms with E-state index in [-0.39, 0.29) is 11.8 Å². The van der Waals surface area contributed by atoms with Crippen LogP contribution in [0, 0.1) is 5.82 Å². The summed E-state index contributed by atoms with van der Waals surface area (Å²) < 4.78 is 13.4. The number of carbonyl (C=O) groups excluding carboxylic acids is 1. The van der Waals surface area contributed by atoms with Gasteiger partial charge in [-0.1, -0.05) is 12.1 Å². The van der Waals surface area contributed by atoms with Gasteiger partial charge in [0.1, 0.15) is 5.82 Å². The van der Waals surface area contributed by atoms with Crippen LogP contribution < -0.4 is 10.2 Å². The van der Waals surface area contributed by atoms with Crippen molar-refractivity contribution in [2.75, 3.05) is 18.0 Å². The lowest BCUT2D eigenvalue weighted by atomic mass is 10.3. The minimum Gasteiger partial charge on any atom is -0.338 e. The number of para-hydroxylation sites is 1. The zero-order valence-corrected chi connectivity index (χ0v) is 8.96. The molecule has 0 unspecified atom stereocenters. The minimum atomic E-state index is -0.384. The first-order chi connectivity index (χ1) is 7.20. The number of rotatable bonds is 3. The van der Waals surface area contributed by atoms with E-state index in [4.69, 9.17) is 0 Å². The zero-order valence-electron chi connectivity index (χ0n) is 8.96. The van der Waals surface area contributed by atoms with Gasteiger partial charge >= 0.3 is 6.03 Å². The maximum atomic E-state index is 13.4. The lowest BCUT2D eigenvalue weighted by Gasteiger charge is -2.21. The van der Waals surface area contributed by atoms with E-state index < -0.39 is 0 Å². The fourth-order valence-electron chi connectivity index (χ4n) is 1.34. The summed E-state index contributed by atoms with van der Waals surface area (Å²) >= 11 is 0. The second kappa shape index (κ2) is 5.34. The number of anilines is 1. The molecule has 1 aromatic carbocycles. The molecular formula is C11H15FN2O. The van der Waals surface area contributed by atoms with Crippen molar-refractivity contribution < 1.29 is 9.18 Å². The van der Waals surface area contributed by atoms with Gasteiger partial charge in [-0.15, -0.1) is 0 Å². The normalized spacial score (nSPS) is 9.80. The number of benzene rings is 1. The van der Waals surface area contributed by atoms with Crippen LogP contribution >= 0.6 is 0 Å². The predicted octanol–water partition coefficient (Wildman–Crippen LogP) is 2.38. The number of hydrogen-bond acceptors (Lipinski definition) is 1. The molecule has 2 amide bonds. The SMILES string of the molecule is CCNC(=O)N(CC)c1ccccc1F. The molecule has 0 radical (unpaired) electrons. The first-order valence-corrected chi connectivity index (χ1v) is 5.00. The van der Waals surface area contributed by atoms with Crippen LogP contribution in [-0.2, 0) is 0 Å². The molecule has 0 fully saturated rings. The van der Waals surface area contributed by atoms with Crippen LogP contribution in [0.4, 0.5) is 14.9 Å². The molecule has 0 aliphatic carbocycles. The Balaban J connectivity index is 2.92. The van der Waals surface area contributed by atoms with E-state index in [0.717, 1.165) is 0 Å². The van der Waals surface area contributed by atoms with Gasteiger partial charge in [-0.3, -0.25) is 4.90 Å². The Labute approximate surface area is 88.9 Å². The number of urea groups is 1. The van der Waals surface area contributed by atoms with E-state index in [1.165, 1.54) is 11.0 Å². The van der Waals surface area contributed by atoms with Gasteiger partial charge in [-0.2, -0.15) is 0 Å². The summed E-state index contributed by atoms with van der Waals surface area (Å²) in [4.78, 5) is 12.9. The number of halogens is 1. The first kappa shape index (κ1) is 11.5. The van der Waals surface area contributed by atoms with Gasteiger partial charge in [0.2, 0.25) is 0 Å². The van der Waals surface area contributed by atoms with Crippen molar-refractivity contribution in [3.8, 4) is 0 Å². The van der Waals surface area contributed by atoms with Gasteiger partial charge in [0.05, 0.1) is 5.69 Å². The van der Waals surface area contributed by atoms with Crippen molar-refractivity contribution in [1.29, 1.82) is 0 Å². The van der Waals surface area contributed by atoms with Crippen LogP contribution in [0.2, 0.25) is 0 Å². The predicted molar refractivity (Wildman–Crippen MR) is 58.5 cm³/mol. The number of amides is 2. The summed E-state index contributed by atoms with van der Waals surface area (Å²) in [5.74, 6) is -0.384. The van der Waals surface area contributed by atoms with Crippen molar-refractivity contribution in [3.05, 3.63) is 30.1 Å². The van der Waals surface area contributed by atoms with Crippen molar-refractivity contribution in [2.45, 2.75) is 13.8 Å². The molecule has 4 heteroatoms. The van der Waals surface area contributed by atoms with E-state index in [1.54, 1.807) is 18.2 Å². The average Bonchev–Trinajstić information content (AvgIpc) is 2.22. The van der Waals surface area contributed by atoms with Crippen LogP contribution in [0.25, 0.3) is 0 Å². The largest absolute Gasteiger partial charge is 0.338 e. The fourth-order valence-corrected chi connectivity index (χ4v) is 1.34. The molecule has 0 bridgehead atoms. The molecule has 1 rings (SSSR count). The molecule has 0 aliphatic rings. The summed E-state index contributed by atoms with van der Waals surface area (Å²) in [5, 5.41) is 2.64. The summed E-state index contributed by atoms with van der Waals surface area (Å²) in [6.45, 7) is 4.60. The molecule has 82 valence electrons. The zero-order chi connectivity index (χ0) is 11.3. The topological polar surface area (TPSA) is 32.3 Å². The van der Waals surface area contributed by atoms with Gasteiger partial charge in [0, 0.05) is 13.1 Å². The lowest BCUT2D eigenvalue weighted by Crippen LogP contribution is -2.40. The van der Waals surface area contributed by atoms with Gasteiger partial charge in [0.25, 0.3) is 0 Å². The van der Waals surface area contributed by atoms with Crippen LogP contribution in [0.3, 0.4) is 0 Å². The number of nitrogens with zero attached hydrogens (tertiary/aromatic N) is 1. The van der Waals surface area contributed by atoms with Crippen molar-refractivity contribution in [3.63, 3.8) is 0 Å². The van der Waals surface area contributed by atoms with E-state index in [2.05, 4.69) is 5.32 Å². The summed E-state index contributed by atoms with van der Waals surface area (Å²) in [5.41, 5.74) is 0.311. The van der Waals surface area contributed by atoms with Crippen LogP contribution in [-0.4, -0.2) is 19.1 Å². The third kappa shape index (κ3) is 2.68. The molecule has 0 aromatic heterocycles. The number of carbonyl (C=O) groups is 1. The second-order valence-electron chi connectivity index (χ2n) is 3.03. The highest BCUT2D eigenvalue weighted by atomic mass is 19.1. The standard InChI is InChI=1S/C11H15FN2O/c1-3-13-11(15)14(4-2)10-8-6-5-7-9(10)12/h5-8H,3-4H2,1-2H3,(H,13,15). The molecule has 15 heavy (non-hydrogen) atoms. The maximum Gasteiger partial charge on any atom is 0.321 e. The number of hydrogen-bond donors (Lipinski definition) is 1. The van der Waals surface area contributed by atoms with Crippen LogP contribution in [0.15, 0.2) is 24.3 Å². The minimum absolute atomic E-state index is 0.273. The first-order valence-electron chi connectivity index (χ1n) is 5.00. The number of nitrogens with one attached hydrogen (secondary N) is 1. The molecule has 0 aliphatic heterocycles. The Hall–Kier alpha value is -1.58. The van der Waals surface area contributed by atoms with Crippen LogP contribution in [0.5, 0.6) is 0 Å². The highest BCUT2D eigenvalue weighted by molar-refractivity contribution is 5.91. The molecule has 0 atom stereocenters. The van der Waals surface area contributed by atoms with E-state index >= 15 is 0 Å². The van der Waals surface area contributed by atoms with Crippen molar-refractivity contribution >= 4 is 11.7 Å². The van der Waals surface area contributed by atoms with Gasteiger partial charge < -0.3 is 5.32 Å². The van der Waals surface area contributed by atoms with Crippen LogP contribution in [0.1, 0.15) is 13.8 Å². The van der Waals surface area contributed by atoms with Crippen molar-refractivity contribution in [1.82, 2.24) is 5.32 Å². The van der Waals surface area contributed by atoms with E-state index in [1.807, 2.05) is 13.8 Å². The lowest BCUT2D eigenvalue weighted by molar-refractivity contribution is 0.247. The highest BCUT2D eigenvalue weighted by Gasteiger charge is 2.15. The molecule has 0 spiro atoms. The maximum absolute atomic E-state index is 13.4. The second-order valence-corrected chi connectivity index (χ2v) is 3.03. The highest BCUT2D eigenvalue weighted by Crippen LogP contribution is 2.18. The third-order valence-corrected chi connectivity index (χ3v) is 2.03. The summed E-state index contributed by atoms with van der Waals surface area (Å²) in [7, 11) is 0. The van der Waals surface area contributed by atoms with Gasteiger partial charge in [0.15, 0.2) is 0 Å². The Morgan fingerprint density at radius 1 is 1.40 bits per heavy atom. The molecule has 0 saturated heterocycles. The van der Waals surface area contributed by atoms with E-state index in [0.29, 0.717) is 18.8 Å². The summed E-state index contributed by atoms with van der Waals surface area (Å²) in [6, 6.07) is 5.97. The third-order valence-electron chi connectivity index (χ3n) is 2.03. The van der Waals surface area contributed by atoms with Gasteiger partial charge in [-0.25, -0.2) is 9.18 Å². The molecular weight excluding hydrogens is 195 g/mol. The summed E-state index contributed by atoms with van der Waals surface area (Å²) in [6.07, 6.45) is 0. The Bertz CT molecular complexity index is 341. The Morgan fingerprint density at radius 2 is 2.07 bits per heavy atom. The molecule has 1 N–H and O–H groups in total. The fraction of sp³-hybridized carbons (Fsp3) is 0.364. The smallest absolute Gasteiger partial charge is 0.321 e. The molecule has 1 aromatic rings. The Morgan fingerprint density at radius 3 is 2.60 bits per heavy atom. The van der Waals surface area contributed by atoms with E-state index in [9.17, 15) is 9.18 Å². The molecule has 3 nitrogen and oxygen atoms in total. The van der Waals surface area contributed by atoms with Crippen molar-refractivity contribution in [2.24, 2.45) is 0 Å². The van der Waals surface area contributed by atoms with Gasteiger partial charge in [-0.05, 0) is 26.0 Å². The quantitative estimate of drug-likeness (QED) is 0.816. The molecule has 0 saturated carbocycles. The molecule has 0 heterocycles.